The lowest BCUT2D eigenvalue weighted by Gasteiger charge is -2.16. The third-order valence-electron chi connectivity index (χ3n) is 2.83. The van der Waals surface area contributed by atoms with E-state index < -0.39 is 34.7 Å². The van der Waals surface area contributed by atoms with Gasteiger partial charge in [0.25, 0.3) is 0 Å². The largest absolute Gasteiger partial charge is 0.772 e. The van der Waals surface area contributed by atoms with E-state index in [2.05, 4.69) is 4.99 Å². The monoisotopic (exact) mass is 338 g/mol. The second kappa shape index (κ2) is 6.85. The van der Waals surface area contributed by atoms with Gasteiger partial charge < -0.3 is 9.29 Å². The van der Waals surface area contributed by atoms with E-state index in [1.807, 2.05) is 0 Å². The number of aliphatic imine (C=N–C) groups is 1. The highest BCUT2D eigenvalue weighted by Gasteiger charge is 2.34. The average molecular weight is 339 g/mol. The Morgan fingerprint density at radius 2 is 2.05 bits per heavy atom. The van der Waals surface area contributed by atoms with Gasteiger partial charge in [0.05, 0.1) is 0 Å². The molecular weight excluding hydrogens is 328 g/mol. The minimum atomic E-state index is -2.14. The van der Waals surface area contributed by atoms with E-state index in [9.17, 15) is 13.2 Å². The quantitative estimate of drug-likeness (QED) is 0.612. The van der Waals surface area contributed by atoms with Gasteiger partial charge in [0.1, 0.15) is 12.7 Å². The minimum Gasteiger partial charge on any atom is -0.772 e. The highest BCUT2D eigenvalue weighted by molar-refractivity contribution is 7.78. The Balaban J connectivity index is 2.14. The van der Waals surface area contributed by atoms with Gasteiger partial charge in [-0.15, -0.1) is 0 Å². The second-order valence-corrected chi connectivity index (χ2v) is 6.21. The summed E-state index contributed by atoms with van der Waals surface area (Å²) in [6, 6.07) is 5.99. The van der Waals surface area contributed by atoms with Gasteiger partial charge in [-0.25, -0.2) is 9.38 Å². The van der Waals surface area contributed by atoms with E-state index in [0.29, 0.717) is 11.1 Å². The van der Waals surface area contributed by atoms with Gasteiger partial charge in [0.2, 0.25) is 5.90 Å². The van der Waals surface area contributed by atoms with Crippen molar-refractivity contribution >= 4 is 40.2 Å². The van der Waals surface area contributed by atoms with Crippen molar-refractivity contribution in [3.8, 4) is 0 Å². The van der Waals surface area contributed by atoms with Crippen LogP contribution in [-0.4, -0.2) is 32.2 Å². The Bertz CT molecular complexity index is 524. The van der Waals surface area contributed by atoms with Gasteiger partial charge in [0, 0.05) is 5.75 Å². The number of alkyl halides is 3. The summed E-state index contributed by atoms with van der Waals surface area (Å²) in [6.07, 6.45) is -0.596. The van der Waals surface area contributed by atoms with Crippen molar-refractivity contribution in [2.75, 3.05) is 6.67 Å². The van der Waals surface area contributed by atoms with E-state index in [4.69, 9.17) is 27.9 Å². The summed E-state index contributed by atoms with van der Waals surface area (Å²) in [7, 11) is 0. The number of rotatable bonds is 5. The van der Waals surface area contributed by atoms with Gasteiger partial charge in [-0.3, -0.25) is 4.21 Å². The molecule has 1 aliphatic heterocycles. The molecule has 1 aliphatic rings. The molecule has 4 nitrogen and oxygen atoms in total. The maximum absolute atomic E-state index is 13.0. The highest BCUT2D eigenvalue weighted by atomic mass is 35.5. The predicted molar refractivity (Wildman–Crippen MR) is 75.6 cm³/mol. The van der Waals surface area contributed by atoms with Crippen LogP contribution < -0.4 is 0 Å². The number of hydrogen-bond acceptors (Lipinski definition) is 4. The van der Waals surface area contributed by atoms with Crippen LogP contribution in [0, 0.1) is 0 Å². The van der Waals surface area contributed by atoms with Crippen molar-refractivity contribution in [3.05, 3.63) is 35.4 Å². The summed E-state index contributed by atoms with van der Waals surface area (Å²) in [4.78, 5) is 3.06. The van der Waals surface area contributed by atoms with Crippen LogP contribution in [0.25, 0.3) is 0 Å². The lowest BCUT2D eigenvalue weighted by atomic mass is 10.0. The van der Waals surface area contributed by atoms with Crippen molar-refractivity contribution in [1.82, 2.24) is 0 Å². The second-order valence-electron chi connectivity index (χ2n) is 4.22. The normalized spacial score (nSPS) is 23.6. The summed E-state index contributed by atoms with van der Waals surface area (Å²) in [5.74, 6) is 0.0386. The molecule has 0 spiro atoms. The van der Waals surface area contributed by atoms with Crippen LogP contribution >= 0.6 is 23.2 Å². The van der Waals surface area contributed by atoms with Crippen LogP contribution in [0.2, 0.25) is 0 Å². The van der Waals surface area contributed by atoms with Gasteiger partial charge in [-0.05, 0) is 11.1 Å². The molecule has 0 aromatic heterocycles. The van der Waals surface area contributed by atoms with Crippen LogP contribution in [0.3, 0.4) is 0 Å². The van der Waals surface area contributed by atoms with E-state index >= 15 is 0 Å². The summed E-state index contributed by atoms with van der Waals surface area (Å²) >= 11 is 9.18. The third-order valence-corrected chi connectivity index (χ3v) is 3.77. The minimum absolute atomic E-state index is 0.0640. The molecule has 8 heteroatoms. The lowest BCUT2D eigenvalue weighted by Crippen LogP contribution is -2.16. The molecule has 3 atom stereocenters. The van der Waals surface area contributed by atoms with E-state index in [1.165, 1.54) is 0 Å². The maximum Gasteiger partial charge on any atom is 0.218 e. The van der Waals surface area contributed by atoms with Crippen molar-refractivity contribution in [3.63, 3.8) is 0 Å². The molecule has 0 fully saturated rings. The van der Waals surface area contributed by atoms with Crippen LogP contribution in [0.1, 0.15) is 17.2 Å². The average Bonchev–Trinajstić information content (AvgIpc) is 2.83. The molecule has 1 aromatic carbocycles. The zero-order chi connectivity index (χ0) is 14.7. The molecule has 0 aliphatic carbocycles. The first-order valence-corrected chi connectivity index (χ1v) is 7.86. The van der Waals surface area contributed by atoms with Crippen LogP contribution in [0.5, 0.6) is 0 Å². The van der Waals surface area contributed by atoms with Gasteiger partial charge >= 0.3 is 0 Å². The molecule has 1 unspecified atom stereocenters. The van der Waals surface area contributed by atoms with Crippen LogP contribution in [0.4, 0.5) is 4.39 Å². The Morgan fingerprint density at radius 1 is 1.40 bits per heavy atom. The summed E-state index contributed by atoms with van der Waals surface area (Å²) in [6.45, 7) is -0.693. The molecule has 0 saturated carbocycles. The van der Waals surface area contributed by atoms with Crippen molar-refractivity contribution in [2.24, 2.45) is 4.99 Å². The van der Waals surface area contributed by atoms with Gasteiger partial charge in [-0.1, -0.05) is 58.5 Å². The fraction of sp³-hybridized carbons (Fsp3) is 0.417. The third kappa shape index (κ3) is 3.69. The molecule has 2 rings (SSSR count). The fourth-order valence-corrected chi connectivity index (χ4v) is 2.60. The van der Waals surface area contributed by atoms with Crippen LogP contribution in [-0.2, 0) is 21.6 Å². The van der Waals surface area contributed by atoms with Crippen LogP contribution in [0.15, 0.2) is 29.3 Å². The molecule has 0 amide bonds. The molecule has 20 heavy (non-hydrogen) atoms. The number of halogens is 3. The zero-order valence-electron chi connectivity index (χ0n) is 10.2. The topological polar surface area (TPSA) is 61.7 Å². The predicted octanol–water partition coefficient (Wildman–Crippen LogP) is 2.68. The van der Waals surface area contributed by atoms with Crippen molar-refractivity contribution in [1.29, 1.82) is 0 Å². The first-order valence-electron chi connectivity index (χ1n) is 5.74. The number of ether oxygens (including phenoxy) is 1. The fourth-order valence-electron chi connectivity index (χ4n) is 1.92. The molecule has 0 N–H and O–H groups in total. The number of hydrogen-bond donors (Lipinski definition) is 0. The lowest BCUT2D eigenvalue weighted by molar-refractivity contribution is 0.178. The Kier molecular flexibility index (Phi) is 5.37. The standard InChI is InChI=1S/C12H12Cl2FNO3S/c13-11(14)12-16-9(5-15)10(19-12)8-3-1-7(2-4-8)6-20(17)18/h1-4,9-11H,5-6H2,(H,17,18)/p-1/t9-,10-/m1/s1. The molecular formula is C12H11Cl2FNO3S-. The smallest absolute Gasteiger partial charge is 0.218 e. The molecule has 110 valence electrons. The van der Waals surface area contributed by atoms with E-state index in [-0.39, 0.29) is 11.7 Å². The molecule has 0 radical (unpaired) electrons. The molecule has 0 saturated heterocycles. The summed E-state index contributed by atoms with van der Waals surface area (Å²) < 4.78 is 39.6. The number of nitrogens with zero attached hydrogens (tertiary/aromatic N) is 1. The maximum atomic E-state index is 13.0. The Hall–Kier alpha value is -0.690. The Labute approximate surface area is 128 Å². The van der Waals surface area contributed by atoms with Crippen molar-refractivity contribution < 1.29 is 17.9 Å². The SMILES string of the molecule is O=S([O-])Cc1ccc([C@H]2OC(C(Cl)Cl)=N[C@@H]2CF)cc1. The summed E-state index contributed by atoms with van der Waals surface area (Å²) in [5.41, 5.74) is 1.34. The molecule has 1 heterocycles. The first-order chi connectivity index (χ1) is 9.51. The van der Waals surface area contributed by atoms with Gasteiger partial charge in [-0.2, -0.15) is 0 Å². The molecule has 0 bridgehead atoms. The molecule has 1 aromatic rings. The first kappa shape index (κ1) is 15.7. The van der Waals surface area contributed by atoms with Gasteiger partial charge in [0.15, 0.2) is 10.9 Å². The van der Waals surface area contributed by atoms with E-state index in [0.717, 1.165) is 0 Å². The zero-order valence-corrected chi connectivity index (χ0v) is 12.5. The Morgan fingerprint density at radius 3 is 2.55 bits per heavy atom. The highest BCUT2D eigenvalue weighted by Crippen LogP contribution is 2.32. The van der Waals surface area contributed by atoms with Crippen molar-refractivity contribution in [2.45, 2.75) is 22.7 Å². The number of benzene rings is 1. The van der Waals surface area contributed by atoms with E-state index in [1.54, 1.807) is 24.3 Å². The summed E-state index contributed by atoms with van der Waals surface area (Å²) in [5, 5.41) is 0.